The molecule has 0 aliphatic carbocycles. The van der Waals surface area contributed by atoms with Gasteiger partial charge in [-0.15, -0.1) is 0 Å². The van der Waals surface area contributed by atoms with Gasteiger partial charge < -0.3 is 15.3 Å². The summed E-state index contributed by atoms with van der Waals surface area (Å²) >= 11 is 0. The average molecular weight is 304 g/mol. The number of amides is 1. The van der Waals surface area contributed by atoms with Gasteiger partial charge in [0, 0.05) is 31.4 Å². The molecule has 1 aromatic carbocycles. The molecule has 4 nitrogen and oxygen atoms in total. The van der Waals surface area contributed by atoms with E-state index in [0.717, 1.165) is 12.1 Å². The summed E-state index contributed by atoms with van der Waals surface area (Å²) in [5.74, 6) is 0.0560. The van der Waals surface area contributed by atoms with Crippen LogP contribution in [0.2, 0.25) is 0 Å². The second kappa shape index (κ2) is 6.29. The lowest BCUT2D eigenvalue weighted by atomic mass is 9.77. The molecule has 0 saturated carbocycles. The van der Waals surface area contributed by atoms with E-state index in [1.165, 1.54) is 0 Å². The molecule has 1 aliphatic rings. The van der Waals surface area contributed by atoms with Gasteiger partial charge in [0.25, 0.3) is 5.91 Å². The number of hydrogen-bond donors (Lipinski definition) is 2. The van der Waals surface area contributed by atoms with E-state index in [0.29, 0.717) is 31.5 Å². The Morgan fingerprint density at radius 1 is 1.23 bits per heavy atom. The van der Waals surface area contributed by atoms with Crippen LogP contribution in [0.1, 0.15) is 50.4 Å². The lowest BCUT2D eigenvalue weighted by molar-refractivity contribution is -0.0436. The Morgan fingerprint density at radius 3 is 2.23 bits per heavy atom. The molecule has 0 unspecified atom stereocenters. The fraction of sp³-hybridized carbons (Fsp3) is 0.611. The Morgan fingerprint density at radius 2 is 1.77 bits per heavy atom. The third-order valence-corrected chi connectivity index (χ3v) is 4.26. The molecule has 1 amide bonds. The van der Waals surface area contributed by atoms with Crippen molar-refractivity contribution in [3.63, 3.8) is 0 Å². The monoisotopic (exact) mass is 304 g/mol. The third-order valence-electron chi connectivity index (χ3n) is 4.26. The Hall–Kier alpha value is -1.55. The van der Waals surface area contributed by atoms with E-state index in [1.807, 2.05) is 36.2 Å². The summed E-state index contributed by atoms with van der Waals surface area (Å²) in [5, 5.41) is 13.7. The highest BCUT2D eigenvalue weighted by atomic mass is 16.3. The first kappa shape index (κ1) is 16.8. The molecular formula is C18H28N2O2. The number of nitrogens with one attached hydrogen (secondary N) is 1. The van der Waals surface area contributed by atoms with Crippen LogP contribution in [0.4, 0.5) is 5.69 Å². The normalized spacial score (nSPS) is 18.1. The predicted octanol–water partition coefficient (Wildman–Crippen LogP) is 3.13. The molecule has 1 aromatic rings. The molecule has 2 N–H and O–H groups in total. The summed E-state index contributed by atoms with van der Waals surface area (Å²) in [4.78, 5) is 14.4. The van der Waals surface area contributed by atoms with Crippen molar-refractivity contribution >= 4 is 11.6 Å². The summed E-state index contributed by atoms with van der Waals surface area (Å²) in [6.07, 6.45) is 2.09. The van der Waals surface area contributed by atoms with Crippen LogP contribution < -0.4 is 5.32 Å². The highest BCUT2D eigenvalue weighted by Crippen LogP contribution is 2.34. The molecule has 0 radical (unpaired) electrons. The van der Waals surface area contributed by atoms with Crippen LogP contribution in [0.25, 0.3) is 0 Å². The molecule has 1 heterocycles. The molecule has 0 spiro atoms. The first-order valence-electron chi connectivity index (χ1n) is 8.02. The van der Waals surface area contributed by atoms with E-state index in [4.69, 9.17) is 0 Å². The van der Waals surface area contributed by atoms with Crippen molar-refractivity contribution in [2.24, 2.45) is 5.41 Å². The second-order valence-electron chi connectivity index (χ2n) is 7.58. The van der Waals surface area contributed by atoms with Gasteiger partial charge in [0.1, 0.15) is 0 Å². The number of hydrogen-bond acceptors (Lipinski definition) is 3. The molecule has 22 heavy (non-hydrogen) atoms. The van der Waals surface area contributed by atoms with E-state index in [2.05, 4.69) is 26.1 Å². The standard InChI is InChI=1S/C18H28N2O2/c1-17(2,3)13-18(22)9-11-20(12-10-18)16(21)14-5-7-15(19-4)8-6-14/h5-8,19,22H,9-13H2,1-4H3. The number of carbonyl (C=O) groups is 1. The smallest absolute Gasteiger partial charge is 0.253 e. The Balaban J connectivity index is 1.97. The third kappa shape index (κ3) is 4.23. The van der Waals surface area contributed by atoms with Crippen LogP contribution in [0.5, 0.6) is 0 Å². The zero-order valence-electron chi connectivity index (χ0n) is 14.1. The van der Waals surface area contributed by atoms with Crippen molar-refractivity contribution in [3.05, 3.63) is 29.8 Å². The van der Waals surface area contributed by atoms with Crippen molar-refractivity contribution in [2.45, 2.75) is 45.6 Å². The summed E-state index contributed by atoms with van der Waals surface area (Å²) in [7, 11) is 1.86. The first-order chi connectivity index (χ1) is 10.2. The zero-order chi connectivity index (χ0) is 16.4. The van der Waals surface area contributed by atoms with Gasteiger partial charge in [0.2, 0.25) is 0 Å². The van der Waals surface area contributed by atoms with Gasteiger partial charge in [0.05, 0.1) is 5.60 Å². The van der Waals surface area contributed by atoms with Crippen LogP contribution in [0.3, 0.4) is 0 Å². The zero-order valence-corrected chi connectivity index (χ0v) is 14.1. The quantitative estimate of drug-likeness (QED) is 0.902. The van der Waals surface area contributed by atoms with Crippen molar-refractivity contribution in [2.75, 3.05) is 25.5 Å². The number of nitrogens with zero attached hydrogens (tertiary/aromatic N) is 1. The molecule has 1 aliphatic heterocycles. The van der Waals surface area contributed by atoms with Crippen molar-refractivity contribution < 1.29 is 9.90 Å². The highest BCUT2D eigenvalue weighted by Gasteiger charge is 2.37. The van der Waals surface area contributed by atoms with Crippen LogP contribution >= 0.6 is 0 Å². The maximum absolute atomic E-state index is 12.5. The van der Waals surface area contributed by atoms with E-state index < -0.39 is 5.60 Å². The van der Waals surface area contributed by atoms with Gasteiger partial charge in [0.15, 0.2) is 0 Å². The highest BCUT2D eigenvalue weighted by molar-refractivity contribution is 5.94. The summed E-state index contributed by atoms with van der Waals surface area (Å²) in [5.41, 5.74) is 1.17. The van der Waals surface area contributed by atoms with Gasteiger partial charge in [-0.25, -0.2) is 0 Å². The Bertz CT molecular complexity index is 509. The topological polar surface area (TPSA) is 52.6 Å². The summed E-state index contributed by atoms with van der Waals surface area (Å²) in [6.45, 7) is 7.68. The fourth-order valence-electron chi connectivity index (χ4n) is 3.25. The number of likely N-dealkylation sites (tertiary alicyclic amines) is 1. The maximum atomic E-state index is 12.5. The number of carbonyl (C=O) groups excluding carboxylic acids is 1. The minimum Gasteiger partial charge on any atom is -0.390 e. The lowest BCUT2D eigenvalue weighted by Gasteiger charge is -2.41. The number of aliphatic hydroxyl groups is 1. The van der Waals surface area contributed by atoms with Crippen LogP contribution in [0.15, 0.2) is 24.3 Å². The van der Waals surface area contributed by atoms with E-state index >= 15 is 0 Å². The first-order valence-corrected chi connectivity index (χ1v) is 8.02. The van der Waals surface area contributed by atoms with Crippen molar-refractivity contribution in [1.29, 1.82) is 0 Å². The predicted molar refractivity (Wildman–Crippen MR) is 90.1 cm³/mol. The van der Waals surface area contributed by atoms with Gasteiger partial charge in [-0.05, 0) is 48.9 Å². The maximum Gasteiger partial charge on any atom is 0.253 e. The lowest BCUT2D eigenvalue weighted by Crippen LogP contribution is -2.48. The Kier molecular flexibility index (Phi) is 4.81. The molecule has 0 atom stereocenters. The van der Waals surface area contributed by atoms with Crippen molar-refractivity contribution in [1.82, 2.24) is 4.90 Å². The molecule has 4 heteroatoms. The number of piperidine rings is 1. The van der Waals surface area contributed by atoms with Crippen LogP contribution in [0, 0.1) is 5.41 Å². The number of rotatable bonds is 3. The molecule has 2 rings (SSSR count). The molecule has 1 saturated heterocycles. The van der Waals surface area contributed by atoms with Gasteiger partial charge in [-0.3, -0.25) is 4.79 Å². The van der Waals surface area contributed by atoms with Gasteiger partial charge in [-0.2, -0.15) is 0 Å². The second-order valence-corrected chi connectivity index (χ2v) is 7.58. The number of anilines is 1. The number of benzene rings is 1. The van der Waals surface area contributed by atoms with E-state index in [9.17, 15) is 9.90 Å². The van der Waals surface area contributed by atoms with Crippen LogP contribution in [-0.4, -0.2) is 41.7 Å². The van der Waals surface area contributed by atoms with Crippen molar-refractivity contribution in [3.8, 4) is 0 Å². The SMILES string of the molecule is CNc1ccc(C(=O)N2CCC(O)(CC(C)(C)C)CC2)cc1. The van der Waals surface area contributed by atoms with E-state index in [-0.39, 0.29) is 11.3 Å². The molecule has 122 valence electrons. The molecule has 0 bridgehead atoms. The van der Waals surface area contributed by atoms with E-state index in [1.54, 1.807) is 0 Å². The molecular weight excluding hydrogens is 276 g/mol. The minimum atomic E-state index is -0.634. The Labute approximate surface area is 133 Å². The molecule has 0 aromatic heterocycles. The summed E-state index contributed by atoms with van der Waals surface area (Å²) in [6, 6.07) is 7.52. The van der Waals surface area contributed by atoms with Gasteiger partial charge in [-0.1, -0.05) is 20.8 Å². The minimum absolute atomic E-state index is 0.0560. The largest absolute Gasteiger partial charge is 0.390 e. The fourth-order valence-corrected chi connectivity index (χ4v) is 3.25. The van der Waals surface area contributed by atoms with Gasteiger partial charge >= 0.3 is 0 Å². The summed E-state index contributed by atoms with van der Waals surface area (Å²) < 4.78 is 0. The molecule has 1 fully saturated rings. The van der Waals surface area contributed by atoms with Crippen LogP contribution in [-0.2, 0) is 0 Å². The average Bonchev–Trinajstić information content (AvgIpc) is 2.45.